The molecule has 1 N–H and O–H groups in total. The minimum absolute atomic E-state index is 0.374. The molecule has 1 aliphatic rings. The van der Waals surface area contributed by atoms with Crippen LogP contribution >= 0.6 is 0 Å². The summed E-state index contributed by atoms with van der Waals surface area (Å²) >= 11 is 0. The number of aliphatic hydroxyl groups is 1. The number of benzene rings is 1. The summed E-state index contributed by atoms with van der Waals surface area (Å²) < 4.78 is 0. The maximum absolute atomic E-state index is 9.78. The van der Waals surface area contributed by atoms with Gasteiger partial charge in [0, 0.05) is 6.04 Å². The fourth-order valence-corrected chi connectivity index (χ4v) is 2.60. The Hall–Kier alpha value is -0.860. The lowest BCUT2D eigenvalue weighted by atomic mass is 9.97. The molecular weight excluding hydrogens is 198 g/mol. The largest absolute Gasteiger partial charge is 0.389 e. The molecular formula is C14H21NO. The zero-order valence-electron chi connectivity index (χ0n) is 10.2. The molecule has 1 aromatic carbocycles. The van der Waals surface area contributed by atoms with Crippen molar-refractivity contribution in [1.82, 2.24) is 4.90 Å². The Labute approximate surface area is 97.9 Å². The van der Waals surface area contributed by atoms with Crippen LogP contribution in [0.25, 0.3) is 0 Å². The van der Waals surface area contributed by atoms with E-state index in [0.717, 1.165) is 5.56 Å². The van der Waals surface area contributed by atoms with Crippen LogP contribution in [0.1, 0.15) is 50.0 Å². The highest BCUT2D eigenvalue weighted by molar-refractivity contribution is 5.31. The van der Waals surface area contributed by atoms with E-state index in [2.05, 4.69) is 24.0 Å². The first-order valence-corrected chi connectivity index (χ1v) is 6.21. The molecule has 0 aliphatic carbocycles. The van der Waals surface area contributed by atoms with E-state index >= 15 is 0 Å². The van der Waals surface area contributed by atoms with Crippen molar-refractivity contribution in [3.8, 4) is 0 Å². The van der Waals surface area contributed by atoms with Crippen molar-refractivity contribution in [3.63, 3.8) is 0 Å². The van der Waals surface area contributed by atoms with E-state index in [1.54, 1.807) is 0 Å². The van der Waals surface area contributed by atoms with E-state index in [4.69, 9.17) is 0 Å². The molecule has 16 heavy (non-hydrogen) atoms. The fraction of sp³-hybridized carbons (Fsp3) is 0.571. The van der Waals surface area contributed by atoms with Crippen LogP contribution in [0.5, 0.6) is 0 Å². The third-order valence-electron chi connectivity index (χ3n) is 3.58. The second-order valence-electron chi connectivity index (χ2n) is 4.72. The van der Waals surface area contributed by atoms with E-state index in [1.807, 2.05) is 19.1 Å². The highest BCUT2D eigenvalue weighted by Crippen LogP contribution is 2.29. The van der Waals surface area contributed by atoms with Gasteiger partial charge < -0.3 is 5.11 Å². The lowest BCUT2D eigenvalue weighted by Gasteiger charge is -2.26. The predicted molar refractivity (Wildman–Crippen MR) is 66.3 cm³/mol. The van der Waals surface area contributed by atoms with Crippen molar-refractivity contribution in [3.05, 3.63) is 35.4 Å². The van der Waals surface area contributed by atoms with Crippen LogP contribution in [0.3, 0.4) is 0 Å². The van der Waals surface area contributed by atoms with Gasteiger partial charge in [-0.15, -0.1) is 0 Å². The highest BCUT2D eigenvalue weighted by atomic mass is 16.3. The first kappa shape index (κ1) is 11.6. The van der Waals surface area contributed by atoms with E-state index in [1.165, 1.54) is 31.5 Å². The zero-order valence-corrected chi connectivity index (χ0v) is 10.2. The van der Waals surface area contributed by atoms with Crippen molar-refractivity contribution < 1.29 is 5.11 Å². The van der Waals surface area contributed by atoms with Crippen LogP contribution in [-0.2, 0) is 0 Å². The lowest BCUT2D eigenvalue weighted by Crippen LogP contribution is -2.24. The minimum Gasteiger partial charge on any atom is -0.389 e. The average Bonchev–Trinajstić information content (AvgIpc) is 2.81. The maximum Gasteiger partial charge on any atom is 0.0765 e. The summed E-state index contributed by atoms with van der Waals surface area (Å²) in [4.78, 5) is 2.50. The molecule has 88 valence electrons. The van der Waals surface area contributed by atoms with Gasteiger partial charge in [0.25, 0.3) is 0 Å². The summed E-state index contributed by atoms with van der Waals surface area (Å²) in [5, 5.41) is 9.78. The molecule has 2 rings (SSSR count). The van der Waals surface area contributed by atoms with E-state index in [9.17, 15) is 5.11 Å². The van der Waals surface area contributed by atoms with Crippen molar-refractivity contribution in [2.24, 2.45) is 0 Å². The molecule has 0 aromatic heterocycles. The predicted octanol–water partition coefficient (Wildman–Crippen LogP) is 2.90. The summed E-state index contributed by atoms with van der Waals surface area (Å²) in [5.74, 6) is 0. The van der Waals surface area contributed by atoms with Crippen LogP contribution in [0.4, 0.5) is 0 Å². The van der Waals surface area contributed by atoms with Crippen LogP contribution in [-0.4, -0.2) is 23.1 Å². The normalized spacial score (nSPS) is 20.9. The summed E-state index contributed by atoms with van der Waals surface area (Å²) in [5.41, 5.74) is 2.35. The Morgan fingerprint density at radius 1 is 1.06 bits per heavy atom. The summed E-state index contributed by atoms with van der Waals surface area (Å²) in [6.07, 6.45) is 2.24. The number of hydrogen-bond acceptors (Lipinski definition) is 2. The van der Waals surface area contributed by atoms with Gasteiger partial charge in [0.05, 0.1) is 6.10 Å². The molecule has 1 saturated heterocycles. The topological polar surface area (TPSA) is 23.5 Å². The smallest absolute Gasteiger partial charge is 0.0765 e. The Bertz CT molecular complexity index is 342. The van der Waals surface area contributed by atoms with Gasteiger partial charge in [-0.25, -0.2) is 0 Å². The van der Waals surface area contributed by atoms with Crippen molar-refractivity contribution in [2.45, 2.75) is 38.8 Å². The van der Waals surface area contributed by atoms with Gasteiger partial charge in [-0.05, 0) is 50.9 Å². The second kappa shape index (κ2) is 4.98. The molecule has 2 nitrogen and oxygen atoms in total. The average molecular weight is 219 g/mol. The number of aliphatic hydroxyl groups excluding tert-OH is 1. The number of likely N-dealkylation sites (tertiary alicyclic amines) is 1. The van der Waals surface area contributed by atoms with Gasteiger partial charge in [0.15, 0.2) is 0 Å². The second-order valence-corrected chi connectivity index (χ2v) is 4.72. The molecule has 0 radical (unpaired) electrons. The quantitative estimate of drug-likeness (QED) is 0.845. The molecule has 2 atom stereocenters. The third-order valence-corrected chi connectivity index (χ3v) is 3.58. The SMILES string of the molecule is CC(O)c1ccccc1C(C)N1CCCC1. The highest BCUT2D eigenvalue weighted by Gasteiger charge is 2.22. The van der Waals surface area contributed by atoms with Gasteiger partial charge in [-0.1, -0.05) is 24.3 Å². The standard InChI is InChI=1S/C14H21NO/c1-11(15-9-5-6-10-15)13-7-3-4-8-14(13)12(2)16/h3-4,7-8,11-12,16H,5-6,9-10H2,1-2H3. The molecule has 1 fully saturated rings. The molecule has 0 spiro atoms. The van der Waals surface area contributed by atoms with Crippen LogP contribution in [0.15, 0.2) is 24.3 Å². The zero-order chi connectivity index (χ0) is 11.5. The number of hydrogen-bond donors (Lipinski definition) is 1. The molecule has 2 heteroatoms. The van der Waals surface area contributed by atoms with Crippen LogP contribution < -0.4 is 0 Å². The van der Waals surface area contributed by atoms with Gasteiger partial charge in [0.2, 0.25) is 0 Å². The van der Waals surface area contributed by atoms with Crippen LogP contribution in [0.2, 0.25) is 0 Å². The Balaban J connectivity index is 2.24. The van der Waals surface area contributed by atoms with Gasteiger partial charge in [-0.3, -0.25) is 4.90 Å². The third kappa shape index (κ3) is 2.28. The molecule has 1 aliphatic heterocycles. The first-order chi connectivity index (χ1) is 7.70. The van der Waals surface area contributed by atoms with Crippen LogP contribution in [0, 0.1) is 0 Å². The molecule has 1 aromatic rings. The molecule has 2 unspecified atom stereocenters. The Morgan fingerprint density at radius 2 is 1.62 bits per heavy atom. The fourth-order valence-electron chi connectivity index (χ4n) is 2.60. The van der Waals surface area contributed by atoms with Crippen molar-refractivity contribution in [1.29, 1.82) is 0 Å². The summed E-state index contributed by atoms with van der Waals surface area (Å²) in [7, 11) is 0. The van der Waals surface area contributed by atoms with E-state index < -0.39 is 0 Å². The number of nitrogens with zero attached hydrogens (tertiary/aromatic N) is 1. The van der Waals surface area contributed by atoms with Gasteiger partial charge >= 0.3 is 0 Å². The Morgan fingerprint density at radius 3 is 2.19 bits per heavy atom. The summed E-state index contributed by atoms with van der Waals surface area (Å²) in [6, 6.07) is 8.67. The van der Waals surface area contributed by atoms with E-state index in [0.29, 0.717) is 6.04 Å². The lowest BCUT2D eigenvalue weighted by molar-refractivity contribution is 0.192. The molecule has 1 heterocycles. The number of rotatable bonds is 3. The van der Waals surface area contributed by atoms with Crippen molar-refractivity contribution in [2.75, 3.05) is 13.1 Å². The van der Waals surface area contributed by atoms with Crippen molar-refractivity contribution >= 4 is 0 Å². The summed E-state index contributed by atoms with van der Waals surface area (Å²) in [6.45, 7) is 6.46. The van der Waals surface area contributed by atoms with Gasteiger partial charge in [-0.2, -0.15) is 0 Å². The first-order valence-electron chi connectivity index (χ1n) is 6.21. The molecule has 0 bridgehead atoms. The van der Waals surface area contributed by atoms with E-state index in [-0.39, 0.29) is 6.10 Å². The maximum atomic E-state index is 9.78. The Kier molecular flexibility index (Phi) is 3.62. The monoisotopic (exact) mass is 219 g/mol. The molecule has 0 saturated carbocycles. The minimum atomic E-state index is -0.374. The molecule has 0 amide bonds. The van der Waals surface area contributed by atoms with Gasteiger partial charge in [0.1, 0.15) is 0 Å².